The number of allylic oxidation sites excluding steroid dienone is 2. The van der Waals surface area contributed by atoms with Gasteiger partial charge in [0.05, 0.1) is 6.10 Å². The third-order valence-corrected chi connectivity index (χ3v) is 6.30. The fourth-order valence-corrected chi connectivity index (χ4v) is 4.39. The number of halogens is 2. The van der Waals surface area contributed by atoms with Crippen molar-refractivity contribution < 1.29 is 33.0 Å². The topological polar surface area (TPSA) is 80.7 Å². The van der Waals surface area contributed by atoms with Gasteiger partial charge in [0.2, 0.25) is 5.78 Å². The Labute approximate surface area is 200 Å². The van der Waals surface area contributed by atoms with Gasteiger partial charge in [-0.3, -0.25) is 14.4 Å². The number of aliphatic hydroxyl groups is 1. The van der Waals surface area contributed by atoms with Crippen molar-refractivity contribution in [2.75, 3.05) is 0 Å². The average molecular weight is 479 g/mol. The van der Waals surface area contributed by atoms with E-state index in [0.29, 0.717) is 32.1 Å². The minimum absolute atomic E-state index is 0.0331. The molecular formula is C27H36F2O5. The number of carbonyl (C=O) groups is 3. The standard InChI is InChI=1S/C27H36F2O5/c1-2-17-27(28,29)25(32)15-10-14-22-21(23(30)18-24(22)31)13-8-3-4-9-16-26(33)34-19-20-11-6-5-7-12-20/h3,5-8,11-12,21-22,24,31H,2,4,9-10,13-19H2,1H3/t21-,22-,24-/m1/s1. The highest BCUT2D eigenvalue weighted by atomic mass is 19.3. The summed E-state index contributed by atoms with van der Waals surface area (Å²) in [5, 5.41) is 10.2. The van der Waals surface area contributed by atoms with Crippen LogP contribution in [0.5, 0.6) is 0 Å². The molecule has 0 aromatic heterocycles. The van der Waals surface area contributed by atoms with Crippen LogP contribution in [0.3, 0.4) is 0 Å². The lowest BCUT2D eigenvalue weighted by Gasteiger charge is -2.20. The third-order valence-electron chi connectivity index (χ3n) is 6.30. The number of aliphatic hydroxyl groups excluding tert-OH is 1. The van der Waals surface area contributed by atoms with E-state index >= 15 is 0 Å². The molecule has 0 heterocycles. The minimum Gasteiger partial charge on any atom is -0.461 e. The Balaban J connectivity index is 1.68. The molecule has 5 nitrogen and oxygen atoms in total. The molecule has 0 amide bonds. The Kier molecular flexibility index (Phi) is 11.5. The van der Waals surface area contributed by atoms with Crippen LogP contribution >= 0.6 is 0 Å². The fraction of sp³-hybridized carbons (Fsp3) is 0.593. The molecule has 0 unspecified atom stereocenters. The van der Waals surface area contributed by atoms with Crippen LogP contribution in [0.25, 0.3) is 0 Å². The maximum atomic E-state index is 13.7. The van der Waals surface area contributed by atoms with Crippen molar-refractivity contribution in [1.82, 2.24) is 0 Å². The quantitative estimate of drug-likeness (QED) is 0.202. The molecule has 2 rings (SSSR count). The second-order valence-corrected chi connectivity index (χ2v) is 9.02. The average Bonchev–Trinajstić information content (AvgIpc) is 3.07. The van der Waals surface area contributed by atoms with E-state index in [0.717, 1.165) is 5.56 Å². The smallest absolute Gasteiger partial charge is 0.306 e. The molecule has 1 aromatic carbocycles. The van der Waals surface area contributed by atoms with Gasteiger partial charge < -0.3 is 9.84 Å². The van der Waals surface area contributed by atoms with Gasteiger partial charge >= 0.3 is 11.9 Å². The molecule has 1 aromatic rings. The first-order chi connectivity index (χ1) is 16.2. The second-order valence-electron chi connectivity index (χ2n) is 9.02. The van der Waals surface area contributed by atoms with E-state index < -0.39 is 24.2 Å². The van der Waals surface area contributed by atoms with Crippen molar-refractivity contribution in [3.05, 3.63) is 48.0 Å². The van der Waals surface area contributed by atoms with Gasteiger partial charge in [0.15, 0.2) is 0 Å². The van der Waals surface area contributed by atoms with Crippen LogP contribution in [0.4, 0.5) is 8.78 Å². The van der Waals surface area contributed by atoms with Crippen LogP contribution in [0.1, 0.15) is 76.7 Å². The summed E-state index contributed by atoms with van der Waals surface area (Å²) < 4.78 is 32.6. The molecule has 1 saturated carbocycles. The molecule has 1 fully saturated rings. The molecule has 34 heavy (non-hydrogen) atoms. The van der Waals surface area contributed by atoms with E-state index in [9.17, 15) is 28.3 Å². The van der Waals surface area contributed by atoms with Crippen LogP contribution in [0.15, 0.2) is 42.5 Å². The zero-order valence-electron chi connectivity index (χ0n) is 19.9. The van der Waals surface area contributed by atoms with Gasteiger partial charge in [0.25, 0.3) is 0 Å². The zero-order chi connectivity index (χ0) is 25.0. The van der Waals surface area contributed by atoms with E-state index in [-0.39, 0.29) is 55.9 Å². The Morgan fingerprint density at radius 1 is 1.15 bits per heavy atom. The normalized spacial score (nSPS) is 20.7. The number of hydrogen-bond acceptors (Lipinski definition) is 5. The summed E-state index contributed by atoms with van der Waals surface area (Å²) in [5.41, 5.74) is 0.938. The van der Waals surface area contributed by atoms with Gasteiger partial charge in [-0.05, 0) is 50.0 Å². The molecule has 0 saturated heterocycles. The third kappa shape index (κ3) is 9.09. The van der Waals surface area contributed by atoms with Crippen LogP contribution < -0.4 is 0 Å². The van der Waals surface area contributed by atoms with Crippen LogP contribution in [0.2, 0.25) is 0 Å². The van der Waals surface area contributed by atoms with Gasteiger partial charge in [-0.25, -0.2) is 0 Å². The maximum absolute atomic E-state index is 13.7. The zero-order valence-corrected chi connectivity index (χ0v) is 19.9. The summed E-state index contributed by atoms with van der Waals surface area (Å²) in [5.74, 6) is -5.34. The van der Waals surface area contributed by atoms with Crippen molar-refractivity contribution in [3.8, 4) is 0 Å². The first-order valence-corrected chi connectivity index (χ1v) is 12.2. The number of hydrogen-bond donors (Lipinski definition) is 1. The number of unbranched alkanes of at least 4 members (excludes halogenated alkanes) is 1. The molecule has 0 radical (unpaired) electrons. The SMILES string of the molecule is CCCC(F)(F)C(=O)CCC[C@H]1[C@H](O)CC(=O)[C@@H]1CC=CCCCC(=O)OCc1ccccc1. The van der Waals surface area contributed by atoms with Gasteiger partial charge in [-0.15, -0.1) is 0 Å². The lowest BCUT2D eigenvalue weighted by Crippen LogP contribution is -2.28. The van der Waals surface area contributed by atoms with Crippen molar-refractivity contribution in [1.29, 1.82) is 0 Å². The van der Waals surface area contributed by atoms with E-state index in [1.165, 1.54) is 0 Å². The van der Waals surface area contributed by atoms with Gasteiger partial charge in [-0.2, -0.15) is 8.78 Å². The number of ether oxygens (including phenoxy) is 1. The number of benzene rings is 1. The van der Waals surface area contributed by atoms with Crippen molar-refractivity contribution in [2.45, 2.75) is 89.8 Å². The Hall–Kier alpha value is -2.41. The predicted octanol–water partition coefficient (Wildman–Crippen LogP) is 5.59. The lowest BCUT2D eigenvalue weighted by molar-refractivity contribution is -0.145. The first kappa shape index (κ1) is 27.8. The van der Waals surface area contributed by atoms with Crippen molar-refractivity contribution in [2.24, 2.45) is 11.8 Å². The Morgan fingerprint density at radius 3 is 2.59 bits per heavy atom. The summed E-state index contributed by atoms with van der Waals surface area (Å²) in [6.45, 7) is 1.86. The fourth-order valence-electron chi connectivity index (χ4n) is 4.39. The van der Waals surface area contributed by atoms with Crippen LogP contribution in [0, 0.1) is 11.8 Å². The Morgan fingerprint density at radius 2 is 1.88 bits per heavy atom. The molecule has 1 aliphatic carbocycles. The molecule has 3 atom stereocenters. The number of Topliss-reactive ketones (excluding diaryl/α,β-unsaturated/α-hetero) is 2. The van der Waals surface area contributed by atoms with Gasteiger partial charge in [-0.1, -0.05) is 49.4 Å². The summed E-state index contributed by atoms with van der Waals surface area (Å²) in [6.07, 6.45) is 5.25. The second kappa shape index (κ2) is 14.1. The molecule has 0 aliphatic heterocycles. The molecule has 188 valence electrons. The molecule has 1 N–H and O–H groups in total. The summed E-state index contributed by atoms with van der Waals surface area (Å²) in [6, 6.07) is 9.46. The van der Waals surface area contributed by atoms with Crippen LogP contribution in [-0.2, 0) is 25.7 Å². The summed E-state index contributed by atoms with van der Waals surface area (Å²) >= 11 is 0. The summed E-state index contributed by atoms with van der Waals surface area (Å²) in [7, 11) is 0. The number of alkyl halides is 2. The highest BCUT2D eigenvalue weighted by Gasteiger charge is 2.41. The molecule has 0 spiro atoms. The molecule has 1 aliphatic rings. The van der Waals surface area contributed by atoms with Gasteiger partial charge in [0.1, 0.15) is 12.4 Å². The number of esters is 1. The van der Waals surface area contributed by atoms with Crippen LogP contribution in [-0.4, -0.2) is 34.7 Å². The summed E-state index contributed by atoms with van der Waals surface area (Å²) in [4.78, 5) is 35.9. The van der Waals surface area contributed by atoms with E-state index in [1.807, 2.05) is 42.5 Å². The number of ketones is 2. The number of carbonyl (C=O) groups excluding carboxylic acids is 3. The van der Waals surface area contributed by atoms with E-state index in [4.69, 9.17) is 4.74 Å². The molecule has 0 bridgehead atoms. The minimum atomic E-state index is -3.30. The lowest BCUT2D eigenvalue weighted by atomic mass is 9.86. The van der Waals surface area contributed by atoms with E-state index in [1.54, 1.807) is 6.92 Å². The highest BCUT2D eigenvalue weighted by molar-refractivity contribution is 5.86. The first-order valence-electron chi connectivity index (χ1n) is 12.2. The number of rotatable bonds is 15. The molecular weight excluding hydrogens is 442 g/mol. The maximum Gasteiger partial charge on any atom is 0.306 e. The highest BCUT2D eigenvalue weighted by Crippen LogP contribution is 2.36. The monoisotopic (exact) mass is 478 g/mol. The van der Waals surface area contributed by atoms with Gasteiger partial charge in [0, 0.05) is 31.6 Å². The Bertz CT molecular complexity index is 822. The largest absolute Gasteiger partial charge is 0.461 e. The van der Waals surface area contributed by atoms with E-state index in [2.05, 4.69) is 0 Å². The van der Waals surface area contributed by atoms with Crippen molar-refractivity contribution in [3.63, 3.8) is 0 Å². The van der Waals surface area contributed by atoms with Crippen molar-refractivity contribution >= 4 is 17.5 Å². The predicted molar refractivity (Wildman–Crippen MR) is 125 cm³/mol. The molecule has 7 heteroatoms.